The summed E-state index contributed by atoms with van der Waals surface area (Å²) in [6, 6.07) is 4.81. The lowest BCUT2D eigenvalue weighted by Crippen LogP contribution is -2.32. The summed E-state index contributed by atoms with van der Waals surface area (Å²) >= 11 is 0. The first kappa shape index (κ1) is 19.0. The zero-order valence-corrected chi connectivity index (χ0v) is 14.1. The maximum Gasteiger partial charge on any atom is 0.416 e. The number of nitrogens with one attached hydrogen (secondary N) is 1. The highest BCUT2D eigenvalue weighted by molar-refractivity contribution is 5.76. The van der Waals surface area contributed by atoms with Gasteiger partial charge in [-0.15, -0.1) is 0 Å². The highest BCUT2D eigenvalue weighted by atomic mass is 19.4. The normalized spacial score (nSPS) is 12.8. The van der Waals surface area contributed by atoms with E-state index in [0.717, 1.165) is 25.0 Å². The molecule has 1 aromatic heterocycles. The van der Waals surface area contributed by atoms with Crippen LogP contribution >= 0.6 is 0 Å². The number of rotatable bonds is 7. The number of halogens is 3. The number of nitrogens with zero attached hydrogens (tertiary/aromatic N) is 2. The Bertz CT molecular complexity index is 713. The fraction of sp³-hybridized carbons (Fsp3) is 0.471. The predicted octanol–water partition coefficient (Wildman–Crippen LogP) is 3.99. The maximum atomic E-state index is 12.7. The summed E-state index contributed by atoms with van der Waals surface area (Å²) < 4.78 is 43.3. The Morgan fingerprint density at radius 2 is 2.12 bits per heavy atom. The van der Waals surface area contributed by atoms with Crippen molar-refractivity contribution in [1.82, 2.24) is 15.5 Å². The fourth-order valence-electron chi connectivity index (χ4n) is 2.38. The van der Waals surface area contributed by atoms with Crippen LogP contribution in [0.4, 0.5) is 13.2 Å². The minimum atomic E-state index is -4.43. The van der Waals surface area contributed by atoms with Crippen LogP contribution in [-0.4, -0.2) is 22.1 Å². The number of hydrogen-bond acceptors (Lipinski definition) is 4. The number of benzene rings is 1. The molecule has 0 aliphatic heterocycles. The van der Waals surface area contributed by atoms with Gasteiger partial charge in [-0.05, 0) is 25.5 Å². The number of aryl methyl sites for hydroxylation is 1. The molecule has 0 radical (unpaired) electrons. The number of amides is 1. The Hall–Kier alpha value is -2.38. The molecule has 1 aromatic carbocycles. The van der Waals surface area contributed by atoms with E-state index in [4.69, 9.17) is 4.52 Å². The Morgan fingerprint density at radius 1 is 1.36 bits per heavy atom. The van der Waals surface area contributed by atoms with Gasteiger partial charge < -0.3 is 9.84 Å². The van der Waals surface area contributed by atoms with Crippen LogP contribution in [0, 0.1) is 0 Å². The summed E-state index contributed by atoms with van der Waals surface area (Å²) in [4.78, 5) is 15.9. The van der Waals surface area contributed by atoms with Gasteiger partial charge >= 0.3 is 6.18 Å². The molecule has 2 rings (SSSR count). The second kappa shape index (κ2) is 8.13. The topological polar surface area (TPSA) is 68.0 Å². The number of aromatic nitrogens is 2. The Balaban J connectivity index is 1.97. The first-order valence-corrected chi connectivity index (χ1v) is 8.09. The number of carbonyl (C=O) groups excluding carboxylic acids is 1. The van der Waals surface area contributed by atoms with Gasteiger partial charge in [0, 0.05) is 24.4 Å². The number of carbonyl (C=O) groups is 1. The molecule has 0 fully saturated rings. The third-order valence-corrected chi connectivity index (χ3v) is 3.61. The van der Waals surface area contributed by atoms with Crippen molar-refractivity contribution in [3.8, 4) is 11.4 Å². The van der Waals surface area contributed by atoms with Crippen molar-refractivity contribution in [2.24, 2.45) is 0 Å². The van der Waals surface area contributed by atoms with Crippen LogP contribution in [0.5, 0.6) is 0 Å². The molecule has 0 spiro atoms. The minimum Gasteiger partial charge on any atom is -0.354 e. The molecule has 1 heterocycles. The van der Waals surface area contributed by atoms with Gasteiger partial charge in [0.25, 0.3) is 0 Å². The summed E-state index contributed by atoms with van der Waals surface area (Å²) in [6.45, 7) is 3.97. The molecular weight excluding hydrogens is 335 g/mol. The van der Waals surface area contributed by atoms with Gasteiger partial charge in [0.2, 0.25) is 17.6 Å². The highest BCUT2D eigenvalue weighted by Gasteiger charge is 2.30. The van der Waals surface area contributed by atoms with Crippen LogP contribution in [-0.2, 0) is 17.4 Å². The van der Waals surface area contributed by atoms with E-state index >= 15 is 0 Å². The third-order valence-electron chi connectivity index (χ3n) is 3.61. The fourth-order valence-corrected chi connectivity index (χ4v) is 2.38. The van der Waals surface area contributed by atoms with Crippen molar-refractivity contribution in [3.63, 3.8) is 0 Å². The Kier molecular flexibility index (Phi) is 6.17. The molecule has 1 N–H and O–H groups in total. The molecule has 0 saturated heterocycles. The van der Waals surface area contributed by atoms with E-state index in [-0.39, 0.29) is 42.1 Å². The molecule has 1 unspecified atom stereocenters. The monoisotopic (exact) mass is 355 g/mol. The Morgan fingerprint density at radius 3 is 2.80 bits per heavy atom. The van der Waals surface area contributed by atoms with Crippen LogP contribution in [0.25, 0.3) is 11.4 Å². The van der Waals surface area contributed by atoms with E-state index in [1.807, 2.05) is 13.8 Å². The van der Waals surface area contributed by atoms with Crippen molar-refractivity contribution in [3.05, 3.63) is 35.7 Å². The molecule has 8 heteroatoms. The van der Waals surface area contributed by atoms with Gasteiger partial charge in [-0.25, -0.2) is 0 Å². The van der Waals surface area contributed by atoms with E-state index in [1.165, 1.54) is 12.1 Å². The average molecular weight is 355 g/mol. The zero-order chi connectivity index (χ0) is 18.4. The van der Waals surface area contributed by atoms with Crippen molar-refractivity contribution in [1.29, 1.82) is 0 Å². The van der Waals surface area contributed by atoms with Gasteiger partial charge in [-0.1, -0.05) is 30.6 Å². The Labute approximate surface area is 143 Å². The van der Waals surface area contributed by atoms with E-state index in [9.17, 15) is 18.0 Å². The lowest BCUT2D eigenvalue weighted by atomic mass is 10.1. The number of alkyl halides is 3. The quantitative estimate of drug-likeness (QED) is 0.815. The molecule has 0 aliphatic carbocycles. The smallest absolute Gasteiger partial charge is 0.354 e. The summed E-state index contributed by atoms with van der Waals surface area (Å²) in [5, 5.41) is 6.55. The second-order valence-corrected chi connectivity index (χ2v) is 5.85. The molecule has 1 amide bonds. The maximum absolute atomic E-state index is 12.7. The standard InChI is InChI=1S/C17H20F3N3O2/c1-3-5-11(2)21-14(24)8-9-15-22-16(23-25-15)12-6-4-7-13(10-12)17(18,19)20/h4,6-7,10-11H,3,5,8-9H2,1-2H3,(H,21,24). The van der Waals surface area contributed by atoms with E-state index < -0.39 is 11.7 Å². The summed E-state index contributed by atoms with van der Waals surface area (Å²) in [5.41, 5.74) is -0.563. The van der Waals surface area contributed by atoms with E-state index in [1.54, 1.807) is 0 Å². The molecule has 0 saturated carbocycles. The lowest BCUT2D eigenvalue weighted by molar-refractivity contribution is -0.137. The van der Waals surface area contributed by atoms with Crippen LogP contribution in [0.3, 0.4) is 0 Å². The third kappa shape index (κ3) is 5.58. The van der Waals surface area contributed by atoms with E-state index in [0.29, 0.717) is 0 Å². The van der Waals surface area contributed by atoms with E-state index in [2.05, 4.69) is 15.5 Å². The van der Waals surface area contributed by atoms with Crippen molar-refractivity contribution in [2.75, 3.05) is 0 Å². The molecule has 136 valence electrons. The largest absolute Gasteiger partial charge is 0.416 e. The van der Waals surface area contributed by atoms with Crippen LogP contribution in [0.2, 0.25) is 0 Å². The second-order valence-electron chi connectivity index (χ2n) is 5.85. The SMILES string of the molecule is CCCC(C)NC(=O)CCc1nc(-c2cccc(C(F)(F)F)c2)no1. The molecule has 25 heavy (non-hydrogen) atoms. The minimum absolute atomic E-state index is 0.0702. The van der Waals surface area contributed by atoms with Crippen molar-refractivity contribution >= 4 is 5.91 Å². The van der Waals surface area contributed by atoms with Gasteiger partial charge in [0.1, 0.15) is 0 Å². The zero-order valence-electron chi connectivity index (χ0n) is 14.1. The molecule has 0 bridgehead atoms. The summed E-state index contributed by atoms with van der Waals surface area (Å²) in [6.07, 6.45) is -2.15. The molecule has 2 aromatic rings. The van der Waals surface area contributed by atoms with Crippen molar-refractivity contribution < 1.29 is 22.5 Å². The summed E-state index contributed by atoms with van der Waals surface area (Å²) in [7, 11) is 0. The first-order chi connectivity index (χ1) is 11.8. The summed E-state index contributed by atoms with van der Waals surface area (Å²) in [5.74, 6) is 0.159. The lowest BCUT2D eigenvalue weighted by Gasteiger charge is -2.11. The predicted molar refractivity (Wildman–Crippen MR) is 85.6 cm³/mol. The van der Waals surface area contributed by atoms with Gasteiger partial charge in [-0.2, -0.15) is 18.2 Å². The van der Waals surface area contributed by atoms with Crippen LogP contribution < -0.4 is 5.32 Å². The highest BCUT2D eigenvalue weighted by Crippen LogP contribution is 2.31. The van der Waals surface area contributed by atoms with Gasteiger partial charge in [0.15, 0.2) is 0 Å². The number of hydrogen-bond donors (Lipinski definition) is 1. The van der Waals surface area contributed by atoms with Gasteiger partial charge in [-0.3, -0.25) is 4.79 Å². The molecule has 5 nitrogen and oxygen atoms in total. The first-order valence-electron chi connectivity index (χ1n) is 8.09. The molecule has 1 atom stereocenters. The molecule has 0 aliphatic rings. The van der Waals surface area contributed by atoms with Crippen LogP contribution in [0.15, 0.2) is 28.8 Å². The average Bonchev–Trinajstić information content (AvgIpc) is 3.01. The molecular formula is C17H20F3N3O2. The van der Waals surface area contributed by atoms with Gasteiger partial charge in [0.05, 0.1) is 5.56 Å². The van der Waals surface area contributed by atoms with Crippen molar-refractivity contribution in [2.45, 2.75) is 51.7 Å². The van der Waals surface area contributed by atoms with Crippen LogP contribution in [0.1, 0.15) is 44.6 Å².